The predicted molar refractivity (Wildman–Crippen MR) is 79.9 cm³/mol. The van der Waals surface area contributed by atoms with Gasteiger partial charge in [0.25, 0.3) is 0 Å². The van der Waals surface area contributed by atoms with Crippen molar-refractivity contribution in [1.29, 1.82) is 0 Å². The number of hydrogen-bond donors (Lipinski definition) is 1. The Morgan fingerprint density at radius 2 is 2.32 bits per heavy atom. The second-order valence-corrected chi connectivity index (χ2v) is 5.82. The van der Waals surface area contributed by atoms with Crippen LogP contribution in [-0.4, -0.2) is 29.5 Å². The van der Waals surface area contributed by atoms with Gasteiger partial charge < -0.3 is 5.32 Å². The third-order valence-corrected chi connectivity index (χ3v) is 3.77. The van der Waals surface area contributed by atoms with Crippen molar-refractivity contribution in [2.24, 2.45) is 5.92 Å². The summed E-state index contributed by atoms with van der Waals surface area (Å²) in [5.41, 5.74) is 2.48. The molecule has 0 aliphatic carbocycles. The molecular formula is C16H27N3. The zero-order chi connectivity index (χ0) is 13.5. The van der Waals surface area contributed by atoms with Gasteiger partial charge in [-0.25, -0.2) is 0 Å². The van der Waals surface area contributed by atoms with Crippen molar-refractivity contribution < 1.29 is 0 Å². The molecule has 106 valence electrons. The fraction of sp³-hybridized carbons (Fsp3) is 0.688. The maximum atomic E-state index is 4.59. The van der Waals surface area contributed by atoms with Gasteiger partial charge >= 0.3 is 0 Å². The van der Waals surface area contributed by atoms with Crippen molar-refractivity contribution >= 4 is 0 Å². The number of rotatable bonds is 6. The molecule has 1 aromatic heterocycles. The molecule has 2 rings (SSSR count). The fourth-order valence-corrected chi connectivity index (χ4v) is 2.72. The van der Waals surface area contributed by atoms with E-state index in [1.165, 1.54) is 43.6 Å². The minimum absolute atomic E-state index is 0.839. The van der Waals surface area contributed by atoms with Gasteiger partial charge in [-0.15, -0.1) is 0 Å². The zero-order valence-electron chi connectivity index (χ0n) is 12.4. The number of nitrogens with zero attached hydrogens (tertiary/aromatic N) is 2. The Hall–Kier alpha value is -0.930. The standard InChI is InChI=1S/C16H27N3/c1-3-8-17-10-15-6-7-16(18-11-15)13-19-9-4-5-14(2)12-19/h6-7,11,14,17H,3-5,8-10,12-13H2,1-2H3. The average molecular weight is 261 g/mol. The van der Waals surface area contributed by atoms with E-state index in [4.69, 9.17) is 0 Å². The predicted octanol–water partition coefficient (Wildman–Crippen LogP) is 2.81. The molecular weight excluding hydrogens is 234 g/mol. The van der Waals surface area contributed by atoms with Crippen molar-refractivity contribution in [3.05, 3.63) is 29.6 Å². The molecule has 0 saturated carbocycles. The molecule has 19 heavy (non-hydrogen) atoms. The van der Waals surface area contributed by atoms with E-state index < -0.39 is 0 Å². The van der Waals surface area contributed by atoms with Gasteiger partial charge in [0.05, 0.1) is 5.69 Å². The highest BCUT2D eigenvalue weighted by Gasteiger charge is 2.16. The monoisotopic (exact) mass is 261 g/mol. The van der Waals surface area contributed by atoms with Crippen molar-refractivity contribution in [2.45, 2.75) is 46.2 Å². The van der Waals surface area contributed by atoms with E-state index in [0.29, 0.717) is 0 Å². The molecule has 0 amide bonds. The molecule has 0 spiro atoms. The van der Waals surface area contributed by atoms with Gasteiger partial charge in [0.1, 0.15) is 0 Å². The minimum atomic E-state index is 0.839. The molecule has 1 N–H and O–H groups in total. The lowest BCUT2D eigenvalue weighted by Gasteiger charge is -2.30. The van der Waals surface area contributed by atoms with Crippen LogP contribution >= 0.6 is 0 Å². The summed E-state index contributed by atoms with van der Waals surface area (Å²) in [5.74, 6) is 0.839. The average Bonchev–Trinajstić information content (AvgIpc) is 2.41. The van der Waals surface area contributed by atoms with E-state index in [1.54, 1.807) is 0 Å². The van der Waals surface area contributed by atoms with Crippen LogP contribution in [-0.2, 0) is 13.1 Å². The Bertz CT molecular complexity index is 361. The summed E-state index contributed by atoms with van der Waals surface area (Å²) < 4.78 is 0. The summed E-state index contributed by atoms with van der Waals surface area (Å²) in [5, 5.41) is 3.41. The van der Waals surface area contributed by atoms with Crippen molar-refractivity contribution in [1.82, 2.24) is 15.2 Å². The van der Waals surface area contributed by atoms with Gasteiger partial charge in [-0.2, -0.15) is 0 Å². The summed E-state index contributed by atoms with van der Waals surface area (Å²) in [6.45, 7) is 10.0. The highest BCUT2D eigenvalue weighted by Crippen LogP contribution is 2.17. The molecule has 1 aliphatic heterocycles. The second kappa shape index (κ2) is 7.61. The number of piperidine rings is 1. The number of hydrogen-bond acceptors (Lipinski definition) is 3. The molecule has 1 aliphatic rings. The van der Waals surface area contributed by atoms with Gasteiger partial charge in [0.15, 0.2) is 0 Å². The van der Waals surface area contributed by atoms with Crippen molar-refractivity contribution in [2.75, 3.05) is 19.6 Å². The lowest BCUT2D eigenvalue weighted by molar-refractivity contribution is 0.175. The van der Waals surface area contributed by atoms with Gasteiger partial charge in [-0.3, -0.25) is 9.88 Å². The summed E-state index contributed by atoms with van der Waals surface area (Å²) in [4.78, 5) is 7.13. The smallest absolute Gasteiger partial charge is 0.0544 e. The Balaban J connectivity index is 1.81. The van der Waals surface area contributed by atoms with Gasteiger partial charge in [0, 0.05) is 25.8 Å². The first-order chi connectivity index (χ1) is 9.28. The molecule has 3 heteroatoms. The molecule has 1 unspecified atom stereocenters. The molecule has 3 nitrogen and oxygen atoms in total. The minimum Gasteiger partial charge on any atom is -0.313 e. The molecule has 2 heterocycles. The number of nitrogens with one attached hydrogen (secondary N) is 1. The van der Waals surface area contributed by atoms with E-state index in [0.717, 1.165) is 25.6 Å². The second-order valence-electron chi connectivity index (χ2n) is 5.82. The SMILES string of the molecule is CCCNCc1ccc(CN2CCCC(C)C2)nc1. The van der Waals surface area contributed by atoms with Crippen LogP contribution in [0.5, 0.6) is 0 Å². The summed E-state index contributed by atoms with van der Waals surface area (Å²) >= 11 is 0. The maximum Gasteiger partial charge on any atom is 0.0544 e. The van der Waals surface area contributed by atoms with Crippen molar-refractivity contribution in [3.63, 3.8) is 0 Å². The normalized spacial score (nSPS) is 20.6. The highest BCUT2D eigenvalue weighted by molar-refractivity contribution is 5.14. The van der Waals surface area contributed by atoms with Crippen molar-refractivity contribution in [3.8, 4) is 0 Å². The Morgan fingerprint density at radius 3 is 3.00 bits per heavy atom. The van der Waals surface area contributed by atoms with E-state index in [2.05, 4.69) is 41.2 Å². The summed E-state index contributed by atoms with van der Waals surface area (Å²) in [6.07, 6.45) is 5.91. The van der Waals surface area contributed by atoms with Gasteiger partial charge in [-0.1, -0.05) is 19.9 Å². The van der Waals surface area contributed by atoms with E-state index in [1.807, 2.05) is 6.20 Å². The summed E-state index contributed by atoms with van der Waals surface area (Å²) in [6, 6.07) is 4.39. The molecule has 0 bridgehead atoms. The molecule has 1 fully saturated rings. The molecule has 1 aromatic rings. The maximum absolute atomic E-state index is 4.59. The van der Waals surface area contributed by atoms with Crippen LogP contribution < -0.4 is 5.32 Å². The topological polar surface area (TPSA) is 28.2 Å². The lowest BCUT2D eigenvalue weighted by atomic mass is 10.0. The summed E-state index contributed by atoms with van der Waals surface area (Å²) in [7, 11) is 0. The third kappa shape index (κ3) is 4.92. The Kier molecular flexibility index (Phi) is 5.80. The first-order valence-corrected chi connectivity index (χ1v) is 7.65. The van der Waals surface area contributed by atoms with Gasteiger partial charge in [-0.05, 0) is 49.9 Å². The number of pyridine rings is 1. The zero-order valence-corrected chi connectivity index (χ0v) is 12.4. The molecule has 1 atom stereocenters. The van der Waals surface area contributed by atoms with E-state index in [-0.39, 0.29) is 0 Å². The first-order valence-electron chi connectivity index (χ1n) is 7.65. The molecule has 1 saturated heterocycles. The van der Waals surface area contributed by atoms with Crippen LogP contribution in [0.3, 0.4) is 0 Å². The van der Waals surface area contributed by atoms with Crippen LogP contribution in [0.4, 0.5) is 0 Å². The number of likely N-dealkylation sites (tertiary alicyclic amines) is 1. The lowest BCUT2D eigenvalue weighted by Crippen LogP contribution is -2.33. The quantitative estimate of drug-likeness (QED) is 0.798. The van der Waals surface area contributed by atoms with E-state index in [9.17, 15) is 0 Å². The largest absolute Gasteiger partial charge is 0.313 e. The first kappa shape index (κ1) is 14.5. The Labute approximate surface area is 117 Å². The van der Waals surface area contributed by atoms with Crippen LogP contribution in [0.25, 0.3) is 0 Å². The fourth-order valence-electron chi connectivity index (χ4n) is 2.72. The number of aromatic nitrogens is 1. The molecule has 0 aromatic carbocycles. The Morgan fingerprint density at radius 1 is 1.42 bits per heavy atom. The third-order valence-electron chi connectivity index (χ3n) is 3.77. The van der Waals surface area contributed by atoms with Crippen LogP contribution in [0.1, 0.15) is 44.4 Å². The van der Waals surface area contributed by atoms with Crippen LogP contribution in [0.15, 0.2) is 18.3 Å². The van der Waals surface area contributed by atoms with Gasteiger partial charge in [0.2, 0.25) is 0 Å². The molecule has 0 radical (unpaired) electrons. The highest BCUT2D eigenvalue weighted by atomic mass is 15.1. The van der Waals surface area contributed by atoms with E-state index >= 15 is 0 Å². The van der Waals surface area contributed by atoms with Crippen LogP contribution in [0.2, 0.25) is 0 Å². The van der Waals surface area contributed by atoms with Crippen LogP contribution in [0, 0.1) is 5.92 Å².